The van der Waals surface area contributed by atoms with Gasteiger partial charge in [0.25, 0.3) is 0 Å². The molecule has 0 fully saturated rings. The van der Waals surface area contributed by atoms with Crippen LogP contribution in [0.3, 0.4) is 0 Å². The van der Waals surface area contributed by atoms with Gasteiger partial charge in [0.05, 0.1) is 11.4 Å². The minimum Gasteiger partial charge on any atom is -0.264 e. The highest BCUT2D eigenvalue weighted by molar-refractivity contribution is 5.92. The van der Waals surface area contributed by atoms with Crippen molar-refractivity contribution in [3.63, 3.8) is 0 Å². The number of benzene rings is 3. The van der Waals surface area contributed by atoms with E-state index in [1.807, 2.05) is 47.3 Å². The Morgan fingerprint density at radius 2 is 1.14 bits per heavy atom. The van der Waals surface area contributed by atoms with Gasteiger partial charge in [0.1, 0.15) is 5.69 Å². The first-order chi connectivity index (χ1) is 14.4. The van der Waals surface area contributed by atoms with Gasteiger partial charge in [-0.25, -0.2) is 4.68 Å². The van der Waals surface area contributed by atoms with E-state index in [2.05, 4.69) is 71.7 Å². The first-order valence-corrected chi connectivity index (χ1v) is 9.61. The quantitative estimate of drug-likeness (QED) is 0.372. The second-order valence-electron chi connectivity index (χ2n) is 6.79. The fourth-order valence-corrected chi connectivity index (χ4v) is 3.62. The molecule has 0 aliphatic heterocycles. The van der Waals surface area contributed by atoms with Crippen LogP contribution in [-0.4, -0.2) is 14.8 Å². The van der Waals surface area contributed by atoms with Crippen LogP contribution >= 0.6 is 0 Å². The molecule has 3 aromatic carbocycles. The van der Waals surface area contributed by atoms with Crippen molar-refractivity contribution in [2.45, 2.75) is 0 Å². The number of nitrogens with zero attached hydrogens (tertiary/aromatic N) is 3. The lowest BCUT2D eigenvalue weighted by molar-refractivity contribution is 0.891. The largest absolute Gasteiger partial charge is 0.264 e. The van der Waals surface area contributed by atoms with Crippen LogP contribution in [0.4, 0.5) is 0 Å². The molecule has 2 aromatic heterocycles. The molecular weight excluding hydrogens is 354 g/mol. The van der Waals surface area contributed by atoms with Crippen molar-refractivity contribution < 1.29 is 0 Å². The van der Waals surface area contributed by atoms with Crippen LogP contribution in [0.2, 0.25) is 0 Å². The average Bonchev–Trinajstić information content (AvgIpc) is 3.22. The van der Waals surface area contributed by atoms with Gasteiger partial charge in [-0.2, -0.15) is 5.10 Å². The second kappa shape index (κ2) is 7.56. The predicted octanol–water partition coefficient (Wildman–Crippen LogP) is 6.27. The lowest BCUT2D eigenvalue weighted by atomic mass is 9.96. The summed E-state index contributed by atoms with van der Waals surface area (Å²) in [5.74, 6) is 0. The molecule has 3 heteroatoms. The van der Waals surface area contributed by atoms with Crippen LogP contribution in [0, 0.1) is 0 Å². The van der Waals surface area contributed by atoms with Crippen molar-refractivity contribution >= 4 is 0 Å². The standard InChI is InChI=1S/C26H19N3/c1-4-11-20(12-5-1)24-25(21-13-6-2-7-14-21)28-29(23-16-8-3-9-17-23)26(24)22-15-10-18-27-19-22/h1-19H. The first-order valence-electron chi connectivity index (χ1n) is 9.61. The number of hydrogen-bond acceptors (Lipinski definition) is 2. The molecule has 0 atom stereocenters. The fraction of sp³-hybridized carbons (Fsp3) is 0. The van der Waals surface area contributed by atoms with Gasteiger partial charge in [-0.1, -0.05) is 78.9 Å². The number of rotatable bonds is 4. The molecule has 2 heterocycles. The summed E-state index contributed by atoms with van der Waals surface area (Å²) in [7, 11) is 0. The monoisotopic (exact) mass is 373 g/mol. The van der Waals surface area contributed by atoms with Crippen LogP contribution < -0.4 is 0 Å². The highest BCUT2D eigenvalue weighted by atomic mass is 15.3. The Morgan fingerprint density at radius 3 is 1.76 bits per heavy atom. The van der Waals surface area contributed by atoms with Gasteiger partial charge in [-0.15, -0.1) is 0 Å². The van der Waals surface area contributed by atoms with Gasteiger partial charge in [0.15, 0.2) is 0 Å². The summed E-state index contributed by atoms with van der Waals surface area (Å²) < 4.78 is 2.03. The van der Waals surface area contributed by atoms with Crippen molar-refractivity contribution in [1.82, 2.24) is 14.8 Å². The Hall–Kier alpha value is -3.98. The number of aromatic nitrogens is 3. The summed E-state index contributed by atoms with van der Waals surface area (Å²) in [4.78, 5) is 4.37. The molecular formula is C26H19N3. The molecule has 0 spiro atoms. The number of pyridine rings is 1. The Morgan fingerprint density at radius 1 is 0.552 bits per heavy atom. The topological polar surface area (TPSA) is 30.7 Å². The Bertz CT molecular complexity index is 1120. The van der Waals surface area contributed by atoms with Crippen molar-refractivity contribution in [3.05, 3.63) is 116 Å². The Labute approximate surface area is 169 Å². The van der Waals surface area contributed by atoms with Gasteiger partial charge in [0, 0.05) is 29.1 Å². The van der Waals surface area contributed by atoms with Crippen LogP contribution in [0.1, 0.15) is 0 Å². The summed E-state index contributed by atoms with van der Waals surface area (Å²) in [5.41, 5.74) is 7.37. The van der Waals surface area contributed by atoms with E-state index < -0.39 is 0 Å². The zero-order chi connectivity index (χ0) is 19.5. The van der Waals surface area contributed by atoms with Crippen molar-refractivity contribution in [3.8, 4) is 39.3 Å². The summed E-state index contributed by atoms with van der Waals surface area (Å²) in [6, 6.07) is 35.1. The van der Waals surface area contributed by atoms with Crippen LogP contribution in [0.5, 0.6) is 0 Å². The fourth-order valence-electron chi connectivity index (χ4n) is 3.62. The third kappa shape index (κ3) is 3.23. The molecule has 0 aliphatic rings. The van der Waals surface area contributed by atoms with Crippen LogP contribution in [0.15, 0.2) is 116 Å². The smallest absolute Gasteiger partial charge is 0.101 e. The molecule has 3 nitrogen and oxygen atoms in total. The number of hydrogen-bond donors (Lipinski definition) is 0. The van der Waals surface area contributed by atoms with E-state index >= 15 is 0 Å². The van der Waals surface area contributed by atoms with Crippen molar-refractivity contribution in [1.29, 1.82) is 0 Å². The molecule has 0 aliphatic carbocycles. The third-order valence-electron chi connectivity index (χ3n) is 4.93. The highest BCUT2D eigenvalue weighted by Gasteiger charge is 2.22. The van der Waals surface area contributed by atoms with Gasteiger partial charge in [-0.05, 0) is 29.8 Å². The Balaban J connectivity index is 1.89. The highest BCUT2D eigenvalue weighted by Crippen LogP contribution is 2.40. The molecule has 5 rings (SSSR count). The molecule has 5 aromatic rings. The molecule has 29 heavy (non-hydrogen) atoms. The molecule has 0 saturated heterocycles. The molecule has 138 valence electrons. The van der Waals surface area contributed by atoms with Crippen molar-refractivity contribution in [2.75, 3.05) is 0 Å². The van der Waals surface area contributed by atoms with E-state index in [-0.39, 0.29) is 0 Å². The van der Waals surface area contributed by atoms with Crippen molar-refractivity contribution in [2.24, 2.45) is 0 Å². The van der Waals surface area contributed by atoms with E-state index in [4.69, 9.17) is 5.10 Å². The molecule has 0 N–H and O–H groups in total. The normalized spacial score (nSPS) is 10.8. The number of para-hydroxylation sites is 1. The lowest BCUT2D eigenvalue weighted by Crippen LogP contribution is -1.99. The van der Waals surface area contributed by atoms with E-state index in [9.17, 15) is 0 Å². The molecule has 0 saturated carbocycles. The van der Waals surface area contributed by atoms with E-state index in [1.54, 1.807) is 6.20 Å². The third-order valence-corrected chi connectivity index (χ3v) is 4.93. The van der Waals surface area contributed by atoms with Gasteiger partial charge < -0.3 is 0 Å². The SMILES string of the molecule is c1ccc(-c2nn(-c3ccccc3)c(-c3cccnc3)c2-c2ccccc2)cc1. The zero-order valence-corrected chi connectivity index (χ0v) is 15.8. The molecule has 0 bridgehead atoms. The van der Waals surface area contributed by atoms with E-state index in [0.717, 1.165) is 39.3 Å². The van der Waals surface area contributed by atoms with Crippen LogP contribution in [-0.2, 0) is 0 Å². The van der Waals surface area contributed by atoms with Gasteiger partial charge in [0.2, 0.25) is 0 Å². The maximum Gasteiger partial charge on any atom is 0.101 e. The summed E-state index contributed by atoms with van der Waals surface area (Å²) in [6.07, 6.45) is 3.70. The summed E-state index contributed by atoms with van der Waals surface area (Å²) in [6.45, 7) is 0. The maximum absolute atomic E-state index is 5.09. The molecule has 0 unspecified atom stereocenters. The van der Waals surface area contributed by atoms with Crippen LogP contribution in [0.25, 0.3) is 39.3 Å². The minimum absolute atomic E-state index is 0.958. The minimum atomic E-state index is 0.958. The summed E-state index contributed by atoms with van der Waals surface area (Å²) in [5, 5.41) is 5.09. The maximum atomic E-state index is 5.09. The zero-order valence-electron chi connectivity index (χ0n) is 15.8. The molecule has 0 radical (unpaired) electrons. The summed E-state index contributed by atoms with van der Waals surface area (Å²) >= 11 is 0. The second-order valence-corrected chi connectivity index (χ2v) is 6.79. The van der Waals surface area contributed by atoms with Gasteiger partial charge >= 0.3 is 0 Å². The van der Waals surface area contributed by atoms with E-state index in [0.29, 0.717) is 0 Å². The van der Waals surface area contributed by atoms with Gasteiger partial charge in [-0.3, -0.25) is 4.98 Å². The average molecular weight is 373 g/mol. The molecule has 0 amide bonds. The lowest BCUT2D eigenvalue weighted by Gasteiger charge is -2.10. The Kier molecular flexibility index (Phi) is 4.47. The first kappa shape index (κ1) is 17.1. The van der Waals surface area contributed by atoms with E-state index in [1.165, 1.54) is 0 Å². The predicted molar refractivity (Wildman–Crippen MR) is 118 cm³/mol.